The molecule has 0 bridgehead atoms. The molecule has 158 valence electrons. The van der Waals surface area contributed by atoms with Gasteiger partial charge in [-0.1, -0.05) is 18.5 Å². The number of carbonyl (C=O) groups is 1. The predicted molar refractivity (Wildman–Crippen MR) is 121 cm³/mol. The number of likely N-dealkylation sites (tertiary alicyclic amines) is 1. The molecule has 1 fully saturated rings. The number of hydrogen-bond acceptors (Lipinski definition) is 6. The van der Waals surface area contributed by atoms with Crippen molar-refractivity contribution in [2.24, 2.45) is 5.92 Å². The number of aryl methyl sites for hydroxylation is 1. The molecule has 0 saturated carbocycles. The van der Waals surface area contributed by atoms with Gasteiger partial charge < -0.3 is 14.4 Å². The second-order valence-corrected chi connectivity index (χ2v) is 8.68. The largest absolute Gasteiger partial charge is 0.455 e. The Morgan fingerprint density at radius 1 is 1.37 bits per heavy atom. The Hall–Kier alpha value is -2.42. The number of halogens is 1. The Labute approximate surface area is 185 Å². The van der Waals surface area contributed by atoms with Gasteiger partial charge in [-0.15, -0.1) is 0 Å². The molecule has 1 saturated heterocycles. The molecule has 1 aliphatic heterocycles. The number of fused-ring (bicyclic) bond motifs is 1. The monoisotopic (exact) mass is 445 g/mol. The lowest BCUT2D eigenvalue weighted by Gasteiger charge is -2.15. The fourth-order valence-corrected chi connectivity index (χ4v) is 4.35. The zero-order chi connectivity index (χ0) is 21.3. The number of carbonyl (C=O) groups excluding carboxylic acids is 1. The first-order valence-corrected chi connectivity index (χ1v) is 11.0. The molecule has 9 heteroatoms. The predicted octanol–water partition coefficient (Wildman–Crippen LogP) is 4.76. The smallest absolute Gasteiger partial charge is 0.255 e. The molecular weight excluding hydrogens is 422 g/mol. The maximum absolute atomic E-state index is 13.0. The summed E-state index contributed by atoms with van der Waals surface area (Å²) in [5, 5.41) is 4.92. The molecule has 3 aromatic rings. The van der Waals surface area contributed by atoms with Gasteiger partial charge in [-0.05, 0) is 44.0 Å². The number of nitrogens with zero attached hydrogens (tertiary/aromatic N) is 3. The minimum atomic E-state index is 0.0498. The number of ether oxygens (including phenoxy) is 1. The molecule has 0 aliphatic carbocycles. The van der Waals surface area contributed by atoms with Crippen LogP contribution in [0.2, 0.25) is 5.02 Å². The van der Waals surface area contributed by atoms with Crippen molar-refractivity contribution in [1.29, 1.82) is 0 Å². The Balaban J connectivity index is 1.63. The minimum Gasteiger partial charge on any atom is -0.455 e. The number of benzene rings is 1. The molecule has 30 heavy (non-hydrogen) atoms. The highest BCUT2D eigenvalue weighted by atomic mass is 35.5. The van der Waals surface area contributed by atoms with Crippen LogP contribution < -0.4 is 14.2 Å². The van der Waals surface area contributed by atoms with Crippen LogP contribution in [0.1, 0.15) is 29.3 Å². The highest BCUT2D eigenvalue weighted by molar-refractivity contribution is 7.98. The third-order valence-corrected chi connectivity index (χ3v) is 6.10. The van der Waals surface area contributed by atoms with Crippen LogP contribution in [0.15, 0.2) is 36.7 Å². The summed E-state index contributed by atoms with van der Waals surface area (Å²) in [4.78, 5) is 15.0. The first-order valence-electron chi connectivity index (χ1n) is 9.80. The van der Waals surface area contributed by atoms with Crippen molar-refractivity contribution in [1.82, 2.24) is 19.2 Å². The van der Waals surface area contributed by atoms with E-state index in [4.69, 9.17) is 16.3 Å². The number of hydrogen-bond donors (Lipinski definition) is 2. The van der Waals surface area contributed by atoms with Crippen molar-refractivity contribution in [2.45, 2.75) is 20.3 Å². The molecule has 7 nitrogen and oxygen atoms in total. The van der Waals surface area contributed by atoms with E-state index in [1.807, 2.05) is 31.0 Å². The first kappa shape index (κ1) is 20.8. The average molecular weight is 446 g/mol. The van der Waals surface area contributed by atoms with Gasteiger partial charge in [-0.3, -0.25) is 4.79 Å². The van der Waals surface area contributed by atoms with E-state index in [1.54, 1.807) is 29.0 Å². The molecule has 1 atom stereocenters. The van der Waals surface area contributed by atoms with Gasteiger partial charge in [0, 0.05) is 43.6 Å². The van der Waals surface area contributed by atoms with E-state index in [9.17, 15) is 4.79 Å². The van der Waals surface area contributed by atoms with Crippen molar-refractivity contribution in [3.8, 4) is 11.5 Å². The third kappa shape index (κ3) is 4.08. The van der Waals surface area contributed by atoms with Crippen molar-refractivity contribution in [3.63, 3.8) is 0 Å². The molecule has 2 aromatic heterocycles. The maximum atomic E-state index is 13.0. The fraction of sp³-hybridized carbons (Fsp3) is 0.333. The minimum absolute atomic E-state index is 0.0498. The average Bonchev–Trinajstić information content (AvgIpc) is 3.31. The van der Waals surface area contributed by atoms with E-state index >= 15 is 0 Å². The quantitative estimate of drug-likeness (QED) is 0.533. The Kier molecular flexibility index (Phi) is 6.08. The summed E-state index contributed by atoms with van der Waals surface area (Å²) in [5.41, 5.74) is 3.08. The van der Waals surface area contributed by atoms with E-state index in [1.165, 1.54) is 12.1 Å². The van der Waals surface area contributed by atoms with Gasteiger partial charge in [0.2, 0.25) is 0 Å². The van der Waals surface area contributed by atoms with Crippen molar-refractivity contribution in [3.05, 3.63) is 52.8 Å². The molecule has 1 aromatic carbocycles. The molecule has 0 radical (unpaired) electrons. The topological polar surface area (TPSA) is 70.9 Å². The number of nitrogens with one attached hydrogen (secondary N) is 2. The maximum Gasteiger partial charge on any atom is 0.255 e. The van der Waals surface area contributed by atoms with Gasteiger partial charge in [0.25, 0.3) is 5.91 Å². The zero-order valence-electron chi connectivity index (χ0n) is 17.1. The molecule has 4 rings (SSSR count). The van der Waals surface area contributed by atoms with Crippen LogP contribution >= 0.6 is 23.7 Å². The number of anilines is 1. The van der Waals surface area contributed by atoms with Gasteiger partial charge in [0.05, 0.1) is 22.5 Å². The van der Waals surface area contributed by atoms with Crippen LogP contribution in [0.5, 0.6) is 11.5 Å². The summed E-state index contributed by atoms with van der Waals surface area (Å²) in [7, 11) is 1.82. The molecular formula is C21H24ClN5O2S. The Morgan fingerprint density at radius 2 is 2.20 bits per heavy atom. The number of amides is 1. The van der Waals surface area contributed by atoms with Crippen LogP contribution in [-0.2, 0) is 0 Å². The van der Waals surface area contributed by atoms with Crippen LogP contribution in [0.25, 0.3) is 5.52 Å². The van der Waals surface area contributed by atoms with E-state index in [0.29, 0.717) is 28.0 Å². The first-order chi connectivity index (χ1) is 14.5. The summed E-state index contributed by atoms with van der Waals surface area (Å²) in [6, 6.07) is 7.25. The third-order valence-electron chi connectivity index (χ3n) is 5.26. The van der Waals surface area contributed by atoms with E-state index < -0.39 is 0 Å². The van der Waals surface area contributed by atoms with Gasteiger partial charge in [0.1, 0.15) is 11.3 Å². The zero-order valence-corrected chi connectivity index (χ0v) is 18.7. The second kappa shape index (κ2) is 8.75. The lowest BCUT2D eigenvalue weighted by Crippen LogP contribution is -2.28. The number of aromatic nitrogens is 2. The van der Waals surface area contributed by atoms with Gasteiger partial charge in [0.15, 0.2) is 5.75 Å². The van der Waals surface area contributed by atoms with Gasteiger partial charge in [-0.2, -0.15) is 5.10 Å². The lowest BCUT2D eigenvalue weighted by molar-refractivity contribution is 0.0787. The highest BCUT2D eigenvalue weighted by Crippen LogP contribution is 2.34. The van der Waals surface area contributed by atoms with Crippen molar-refractivity contribution >= 4 is 40.8 Å². The standard InChI is InChI=1S/C21H24ClN5O2S/c1-13-7-9-26(11-13)21(28)16-12-27-20(14(16)2)19(6-8-24-27)29-15-4-5-18(17(22)10-15)25-30-23-3/h4-6,8,10,12-13,23,25H,7,9,11H2,1-3H3. The Morgan fingerprint density at radius 3 is 2.90 bits per heavy atom. The molecule has 2 N–H and O–H groups in total. The summed E-state index contributed by atoms with van der Waals surface area (Å²) in [6.07, 6.45) is 4.50. The summed E-state index contributed by atoms with van der Waals surface area (Å²) < 4.78 is 13.9. The molecule has 1 amide bonds. The SMILES string of the molecule is CNSNc1ccc(Oc2ccnn3cc(C(=O)N4CCC(C)C4)c(C)c23)cc1Cl. The summed E-state index contributed by atoms with van der Waals surface area (Å²) in [6.45, 7) is 5.71. The normalized spacial score (nSPS) is 16.3. The van der Waals surface area contributed by atoms with E-state index in [2.05, 4.69) is 21.5 Å². The lowest BCUT2D eigenvalue weighted by atomic mass is 10.1. The van der Waals surface area contributed by atoms with Crippen LogP contribution in [0.3, 0.4) is 0 Å². The molecule has 1 aliphatic rings. The van der Waals surface area contributed by atoms with Crippen molar-refractivity contribution in [2.75, 3.05) is 24.9 Å². The summed E-state index contributed by atoms with van der Waals surface area (Å²) in [5.74, 6) is 1.82. The van der Waals surface area contributed by atoms with E-state index in [0.717, 1.165) is 36.3 Å². The van der Waals surface area contributed by atoms with Gasteiger partial charge >= 0.3 is 0 Å². The van der Waals surface area contributed by atoms with Crippen molar-refractivity contribution < 1.29 is 9.53 Å². The highest BCUT2D eigenvalue weighted by Gasteiger charge is 2.27. The molecule has 1 unspecified atom stereocenters. The number of rotatable bonds is 6. The van der Waals surface area contributed by atoms with Crippen LogP contribution in [0.4, 0.5) is 5.69 Å². The second-order valence-electron chi connectivity index (χ2n) is 7.45. The van der Waals surface area contributed by atoms with Crippen LogP contribution in [0, 0.1) is 12.8 Å². The van der Waals surface area contributed by atoms with E-state index in [-0.39, 0.29) is 5.91 Å². The van der Waals surface area contributed by atoms with Gasteiger partial charge in [-0.25, -0.2) is 9.24 Å². The molecule has 3 heterocycles. The summed E-state index contributed by atoms with van der Waals surface area (Å²) >= 11 is 7.69. The fourth-order valence-electron chi connectivity index (χ4n) is 3.69. The van der Waals surface area contributed by atoms with Crippen LogP contribution in [-0.4, -0.2) is 40.6 Å². The molecule has 0 spiro atoms. The Bertz CT molecular complexity index is 1090.